The summed E-state index contributed by atoms with van der Waals surface area (Å²) in [7, 11) is -3.02. The Hall–Kier alpha value is -0.980. The number of aliphatic imine (C=N–C) groups is 1. The molecule has 1 aromatic rings. The SMILES string of the molecule is CC(C)=CCSC1=NC2CS(=O)(=O)CC2N1c1cccc(Cl)c1. The topological polar surface area (TPSA) is 49.7 Å². The van der Waals surface area contributed by atoms with Crippen LogP contribution in [0.4, 0.5) is 5.69 Å². The fourth-order valence-corrected chi connectivity index (χ4v) is 6.03. The normalized spacial score (nSPS) is 25.2. The molecule has 2 heterocycles. The van der Waals surface area contributed by atoms with Crippen molar-refractivity contribution in [2.75, 3.05) is 22.2 Å². The lowest BCUT2D eigenvalue weighted by atomic mass is 10.1. The van der Waals surface area contributed by atoms with Gasteiger partial charge in [0, 0.05) is 16.5 Å². The highest BCUT2D eigenvalue weighted by Gasteiger charge is 2.47. The summed E-state index contributed by atoms with van der Waals surface area (Å²) in [4.78, 5) is 6.73. The first kappa shape index (κ1) is 16.9. The van der Waals surface area contributed by atoms with Crippen molar-refractivity contribution in [3.05, 3.63) is 40.9 Å². The highest BCUT2D eigenvalue weighted by molar-refractivity contribution is 8.14. The van der Waals surface area contributed by atoms with E-state index in [2.05, 4.69) is 24.9 Å². The maximum absolute atomic E-state index is 12.0. The van der Waals surface area contributed by atoms with Crippen LogP contribution in [0.2, 0.25) is 5.02 Å². The number of thioether (sulfide) groups is 1. The zero-order valence-electron chi connectivity index (χ0n) is 13.1. The molecule has 0 bridgehead atoms. The maximum atomic E-state index is 12.0. The Morgan fingerprint density at radius 3 is 2.91 bits per heavy atom. The first-order valence-corrected chi connectivity index (χ1v) is 10.6. The summed E-state index contributed by atoms with van der Waals surface area (Å²) in [5.41, 5.74) is 2.17. The molecule has 1 aromatic carbocycles. The van der Waals surface area contributed by atoms with Crippen molar-refractivity contribution in [2.45, 2.75) is 25.9 Å². The van der Waals surface area contributed by atoms with Crippen molar-refractivity contribution >= 4 is 44.1 Å². The lowest BCUT2D eigenvalue weighted by molar-refractivity contribution is 0.601. The van der Waals surface area contributed by atoms with Gasteiger partial charge in [0.1, 0.15) is 0 Å². The van der Waals surface area contributed by atoms with E-state index in [1.165, 1.54) is 5.57 Å². The maximum Gasteiger partial charge on any atom is 0.164 e. The quantitative estimate of drug-likeness (QED) is 0.765. The minimum Gasteiger partial charge on any atom is -0.315 e. The van der Waals surface area contributed by atoms with Crippen molar-refractivity contribution in [3.8, 4) is 0 Å². The summed E-state index contributed by atoms with van der Waals surface area (Å²) >= 11 is 7.75. The van der Waals surface area contributed by atoms with Crippen LogP contribution in [0.25, 0.3) is 0 Å². The van der Waals surface area contributed by atoms with E-state index in [9.17, 15) is 8.42 Å². The number of rotatable bonds is 3. The molecule has 2 aliphatic heterocycles. The van der Waals surface area contributed by atoms with E-state index in [0.29, 0.717) is 5.02 Å². The number of sulfone groups is 1. The molecule has 23 heavy (non-hydrogen) atoms. The van der Waals surface area contributed by atoms with Gasteiger partial charge in [0.05, 0.1) is 23.6 Å². The fourth-order valence-electron chi connectivity index (χ4n) is 2.84. The monoisotopic (exact) mass is 370 g/mol. The van der Waals surface area contributed by atoms with Crippen molar-refractivity contribution in [1.29, 1.82) is 0 Å². The summed E-state index contributed by atoms with van der Waals surface area (Å²) in [6.07, 6.45) is 2.15. The molecule has 2 unspecified atom stereocenters. The Morgan fingerprint density at radius 1 is 1.43 bits per heavy atom. The third kappa shape index (κ3) is 3.75. The molecule has 0 aromatic heterocycles. The standard InChI is InChI=1S/C16H19ClN2O2S2/c1-11(2)6-7-22-16-18-14-9-23(20,21)10-15(14)19(16)13-5-3-4-12(17)8-13/h3-6,8,14-15H,7,9-10H2,1-2H3. The molecule has 4 nitrogen and oxygen atoms in total. The Labute approximate surface area is 146 Å². The zero-order chi connectivity index (χ0) is 16.6. The first-order valence-electron chi connectivity index (χ1n) is 7.45. The highest BCUT2D eigenvalue weighted by atomic mass is 35.5. The molecule has 0 amide bonds. The Morgan fingerprint density at radius 2 is 2.22 bits per heavy atom. The largest absolute Gasteiger partial charge is 0.315 e. The predicted octanol–water partition coefficient (Wildman–Crippen LogP) is 3.38. The molecule has 0 radical (unpaired) electrons. The molecule has 0 aliphatic carbocycles. The number of fused-ring (bicyclic) bond motifs is 1. The molecule has 0 N–H and O–H groups in total. The van der Waals surface area contributed by atoms with E-state index >= 15 is 0 Å². The summed E-state index contributed by atoms with van der Waals surface area (Å²) < 4.78 is 23.9. The summed E-state index contributed by atoms with van der Waals surface area (Å²) in [6, 6.07) is 7.23. The van der Waals surface area contributed by atoms with Crippen LogP contribution in [0.1, 0.15) is 13.8 Å². The smallest absolute Gasteiger partial charge is 0.164 e. The van der Waals surface area contributed by atoms with Gasteiger partial charge in [-0.15, -0.1) is 0 Å². The highest BCUT2D eigenvalue weighted by Crippen LogP contribution is 2.35. The van der Waals surface area contributed by atoms with Crippen LogP contribution in [0.3, 0.4) is 0 Å². The Balaban J connectivity index is 1.91. The van der Waals surface area contributed by atoms with Crippen molar-refractivity contribution < 1.29 is 8.42 Å². The second-order valence-corrected chi connectivity index (χ2v) is 9.64. The molecule has 2 atom stereocenters. The molecule has 1 fully saturated rings. The van der Waals surface area contributed by atoms with Gasteiger partial charge in [-0.3, -0.25) is 4.99 Å². The number of hydrogen-bond donors (Lipinski definition) is 0. The van der Waals surface area contributed by atoms with Gasteiger partial charge in [0.25, 0.3) is 0 Å². The number of hydrogen-bond acceptors (Lipinski definition) is 5. The number of nitrogens with zero attached hydrogens (tertiary/aromatic N) is 2. The van der Waals surface area contributed by atoms with Gasteiger partial charge < -0.3 is 4.90 Å². The third-order valence-corrected chi connectivity index (χ3v) is 6.73. The molecule has 7 heteroatoms. The van der Waals surface area contributed by atoms with Gasteiger partial charge in [-0.1, -0.05) is 41.1 Å². The number of anilines is 1. The number of allylic oxidation sites excluding steroid dienone is 1. The number of halogens is 1. The lowest BCUT2D eigenvalue weighted by Gasteiger charge is -2.26. The summed E-state index contributed by atoms with van der Waals surface area (Å²) in [5, 5.41) is 1.52. The second-order valence-electron chi connectivity index (χ2n) is 6.07. The van der Waals surface area contributed by atoms with E-state index in [1.807, 2.05) is 29.2 Å². The summed E-state index contributed by atoms with van der Waals surface area (Å²) in [5.74, 6) is 1.12. The van der Waals surface area contributed by atoms with Gasteiger partial charge in [-0.25, -0.2) is 8.42 Å². The molecule has 3 rings (SSSR count). The molecular formula is C16H19ClN2O2S2. The van der Waals surface area contributed by atoms with E-state index in [4.69, 9.17) is 11.6 Å². The molecule has 1 saturated heterocycles. The van der Waals surface area contributed by atoms with Gasteiger partial charge in [-0.2, -0.15) is 0 Å². The minimum atomic E-state index is -3.02. The van der Waals surface area contributed by atoms with Crippen LogP contribution in [0.15, 0.2) is 40.9 Å². The molecule has 124 valence electrons. The average Bonchev–Trinajstić information content (AvgIpc) is 2.89. The second kappa shape index (κ2) is 6.49. The van der Waals surface area contributed by atoms with Crippen molar-refractivity contribution in [1.82, 2.24) is 0 Å². The zero-order valence-corrected chi connectivity index (χ0v) is 15.5. The Kier molecular flexibility index (Phi) is 4.76. The Bertz CT molecular complexity index is 770. The number of amidine groups is 1. The van der Waals surface area contributed by atoms with Gasteiger partial charge in [0.2, 0.25) is 0 Å². The van der Waals surface area contributed by atoms with Crippen LogP contribution < -0.4 is 4.90 Å². The van der Waals surface area contributed by atoms with Gasteiger partial charge >= 0.3 is 0 Å². The van der Waals surface area contributed by atoms with E-state index < -0.39 is 9.84 Å². The van der Waals surface area contributed by atoms with Crippen LogP contribution in [-0.2, 0) is 9.84 Å². The minimum absolute atomic E-state index is 0.118. The van der Waals surface area contributed by atoms with E-state index in [-0.39, 0.29) is 23.6 Å². The number of benzene rings is 1. The average molecular weight is 371 g/mol. The van der Waals surface area contributed by atoms with Crippen molar-refractivity contribution in [2.24, 2.45) is 4.99 Å². The van der Waals surface area contributed by atoms with E-state index in [0.717, 1.165) is 16.6 Å². The molecule has 2 aliphatic rings. The lowest BCUT2D eigenvalue weighted by Crippen LogP contribution is -2.39. The third-order valence-electron chi connectivity index (χ3n) is 3.90. The van der Waals surface area contributed by atoms with Crippen LogP contribution >= 0.6 is 23.4 Å². The van der Waals surface area contributed by atoms with E-state index in [1.54, 1.807) is 11.8 Å². The van der Waals surface area contributed by atoms with Crippen LogP contribution in [-0.4, -0.2) is 42.9 Å². The van der Waals surface area contributed by atoms with Crippen molar-refractivity contribution in [3.63, 3.8) is 0 Å². The fraction of sp³-hybridized carbons (Fsp3) is 0.438. The predicted molar refractivity (Wildman–Crippen MR) is 99.5 cm³/mol. The van der Waals surface area contributed by atoms with Crippen LogP contribution in [0.5, 0.6) is 0 Å². The molecule has 0 spiro atoms. The molecular weight excluding hydrogens is 352 g/mol. The summed E-state index contributed by atoms with van der Waals surface area (Å²) in [6.45, 7) is 4.13. The van der Waals surface area contributed by atoms with Crippen LogP contribution in [0, 0.1) is 0 Å². The van der Waals surface area contributed by atoms with Gasteiger partial charge in [-0.05, 0) is 32.0 Å². The van der Waals surface area contributed by atoms with Gasteiger partial charge in [0.15, 0.2) is 15.0 Å². The first-order chi connectivity index (χ1) is 10.9. The molecule has 0 saturated carbocycles.